The van der Waals surface area contributed by atoms with Crippen LogP contribution in [0.2, 0.25) is 0 Å². The summed E-state index contributed by atoms with van der Waals surface area (Å²) >= 11 is 0. The lowest BCUT2D eigenvalue weighted by atomic mass is 9.54. The highest BCUT2D eigenvalue weighted by molar-refractivity contribution is 5.74. The maximum Gasteiger partial charge on any atom is 0.310 e. The number of carbonyl (C=O) groups is 1. The van der Waals surface area contributed by atoms with Gasteiger partial charge in [0.25, 0.3) is 0 Å². The second-order valence-corrected chi connectivity index (χ2v) is 5.95. The van der Waals surface area contributed by atoms with Crippen LogP contribution >= 0.6 is 0 Å². The Balaban J connectivity index is 2.30. The fourth-order valence-electron chi connectivity index (χ4n) is 3.78. The Labute approximate surface area is 97.9 Å². The molecule has 0 bridgehead atoms. The van der Waals surface area contributed by atoms with Crippen molar-refractivity contribution in [3.05, 3.63) is 0 Å². The summed E-state index contributed by atoms with van der Waals surface area (Å²) < 4.78 is 4.98. The van der Waals surface area contributed by atoms with Gasteiger partial charge in [0, 0.05) is 18.5 Å². The summed E-state index contributed by atoms with van der Waals surface area (Å²) in [6, 6.07) is 0. The van der Waals surface area contributed by atoms with Crippen LogP contribution in [0.4, 0.5) is 0 Å². The minimum Gasteiger partial charge on any atom is -0.469 e. The molecule has 0 radical (unpaired) electrons. The van der Waals surface area contributed by atoms with Gasteiger partial charge in [0.15, 0.2) is 0 Å². The zero-order valence-electron chi connectivity index (χ0n) is 10.6. The summed E-state index contributed by atoms with van der Waals surface area (Å²) in [5.74, 6) is 0.0211. The number of methoxy groups -OCH3 is 1. The van der Waals surface area contributed by atoms with E-state index in [0.29, 0.717) is 0 Å². The van der Waals surface area contributed by atoms with Crippen LogP contribution in [0.3, 0.4) is 0 Å². The lowest BCUT2D eigenvalue weighted by Gasteiger charge is -2.50. The zero-order valence-corrected chi connectivity index (χ0v) is 10.6. The molecule has 2 fully saturated rings. The molecule has 16 heavy (non-hydrogen) atoms. The second-order valence-electron chi connectivity index (χ2n) is 5.95. The van der Waals surface area contributed by atoms with Crippen molar-refractivity contribution in [2.24, 2.45) is 16.7 Å². The molecule has 2 aliphatic rings. The van der Waals surface area contributed by atoms with E-state index in [-0.39, 0.29) is 22.7 Å². The van der Waals surface area contributed by atoms with E-state index in [1.165, 1.54) is 26.4 Å². The van der Waals surface area contributed by atoms with Gasteiger partial charge >= 0.3 is 5.97 Å². The van der Waals surface area contributed by atoms with Gasteiger partial charge in [-0.05, 0) is 18.3 Å². The molecule has 1 heterocycles. The Hall–Kier alpha value is -0.570. The van der Waals surface area contributed by atoms with Gasteiger partial charge in [-0.3, -0.25) is 4.79 Å². The SMILES string of the molecule is COC(=O)C1CNCC12CCCCC2(C)C. The molecule has 0 aromatic rings. The average Bonchev–Trinajstić information content (AvgIpc) is 2.67. The lowest BCUT2D eigenvalue weighted by Crippen LogP contribution is -2.49. The van der Waals surface area contributed by atoms with Crippen molar-refractivity contribution < 1.29 is 9.53 Å². The van der Waals surface area contributed by atoms with Crippen molar-refractivity contribution in [3.63, 3.8) is 0 Å². The van der Waals surface area contributed by atoms with E-state index in [9.17, 15) is 4.79 Å². The van der Waals surface area contributed by atoms with Crippen molar-refractivity contribution in [2.45, 2.75) is 39.5 Å². The first-order valence-corrected chi connectivity index (χ1v) is 6.32. The quantitative estimate of drug-likeness (QED) is 0.693. The predicted molar refractivity (Wildman–Crippen MR) is 63.1 cm³/mol. The number of carbonyl (C=O) groups excluding carboxylic acids is 1. The standard InChI is InChI=1S/C13H23NO2/c1-12(2)6-4-5-7-13(12)9-14-8-10(13)11(15)16-3/h10,14H,4-9H2,1-3H3. The molecule has 92 valence electrons. The summed E-state index contributed by atoms with van der Waals surface area (Å²) in [5.41, 5.74) is 0.367. The molecule has 3 nitrogen and oxygen atoms in total. The number of rotatable bonds is 1. The molecule has 0 amide bonds. The number of hydrogen-bond acceptors (Lipinski definition) is 3. The third-order valence-corrected chi connectivity index (χ3v) is 4.96. The van der Waals surface area contributed by atoms with Crippen molar-refractivity contribution in [3.8, 4) is 0 Å². The van der Waals surface area contributed by atoms with Gasteiger partial charge in [-0.15, -0.1) is 0 Å². The highest BCUT2D eigenvalue weighted by Crippen LogP contribution is 2.56. The molecule has 0 aromatic carbocycles. The molecule has 1 aliphatic heterocycles. The van der Waals surface area contributed by atoms with Gasteiger partial charge in [-0.25, -0.2) is 0 Å². The van der Waals surface area contributed by atoms with E-state index in [1.54, 1.807) is 0 Å². The largest absolute Gasteiger partial charge is 0.469 e. The van der Waals surface area contributed by atoms with E-state index >= 15 is 0 Å². The molecular weight excluding hydrogens is 202 g/mol. The minimum atomic E-state index is -0.0278. The Morgan fingerprint density at radius 2 is 2.00 bits per heavy atom. The summed E-state index contributed by atoms with van der Waals surface area (Å²) in [4.78, 5) is 11.9. The van der Waals surface area contributed by atoms with Crippen molar-refractivity contribution >= 4 is 5.97 Å². The third-order valence-electron chi connectivity index (χ3n) is 4.96. The smallest absolute Gasteiger partial charge is 0.310 e. The van der Waals surface area contributed by atoms with Crippen LogP contribution in [0.25, 0.3) is 0 Å². The van der Waals surface area contributed by atoms with E-state index in [1.807, 2.05) is 0 Å². The second kappa shape index (κ2) is 4.02. The zero-order chi connectivity index (χ0) is 11.8. The van der Waals surface area contributed by atoms with Gasteiger partial charge in [0.2, 0.25) is 0 Å². The summed E-state index contributed by atoms with van der Waals surface area (Å²) in [6.07, 6.45) is 4.93. The van der Waals surface area contributed by atoms with Crippen molar-refractivity contribution in [1.29, 1.82) is 0 Å². The summed E-state index contributed by atoms with van der Waals surface area (Å²) in [7, 11) is 1.50. The molecule has 1 N–H and O–H groups in total. The molecule has 1 aliphatic carbocycles. The van der Waals surface area contributed by atoms with Gasteiger partial charge in [-0.2, -0.15) is 0 Å². The molecule has 1 saturated heterocycles. The van der Waals surface area contributed by atoms with Gasteiger partial charge in [-0.1, -0.05) is 26.7 Å². The van der Waals surface area contributed by atoms with Gasteiger partial charge in [0.1, 0.15) is 0 Å². The fourth-order valence-corrected chi connectivity index (χ4v) is 3.78. The predicted octanol–water partition coefficient (Wildman–Crippen LogP) is 1.97. The first-order valence-electron chi connectivity index (χ1n) is 6.32. The molecule has 1 saturated carbocycles. The number of esters is 1. The average molecular weight is 225 g/mol. The minimum absolute atomic E-state index is 0.0278. The number of ether oxygens (including phenoxy) is 1. The van der Waals surface area contributed by atoms with Crippen LogP contribution in [-0.4, -0.2) is 26.2 Å². The molecule has 2 atom stereocenters. The van der Waals surface area contributed by atoms with Crippen LogP contribution in [0.5, 0.6) is 0 Å². The Morgan fingerprint density at radius 3 is 2.62 bits per heavy atom. The molecule has 1 spiro atoms. The van der Waals surface area contributed by atoms with Crippen LogP contribution < -0.4 is 5.32 Å². The maximum absolute atomic E-state index is 11.9. The third kappa shape index (κ3) is 1.56. The molecule has 2 rings (SSSR count). The van der Waals surface area contributed by atoms with Crippen molar-refractivity contribution in [2.75, 3.05) is 20.2 Å². The Kier molecular flexibility index (Phi) is 2.99. The highest BCUT2D eigenvalue weighted by atomic mass is 16.5. The Bertz CT molecular complexity index is 288. The normalized spacial score (nSPS) is 37.6. The fraction of sp³-hybridized carbons (Fsp3) is 0.923. The molecule has 3 heteroatoms. The molecule has 0 aromatic heterocycles. The number of nitrogens with one attached hydrogen (secondary N) is 1. The maximum atomic E-state index is 11.9. The van der Waals surface area contributed by atoms with E-state index in [2.05, 4.69) is 19.2 Å². The van der Waals surface area contributed by atoms with E-state index in [4.69, 9.17) is 4.74 Å². The van der Waals surface area contributed by atoms with Crippen LogP contribution in [-0.2, 0) is 9.53 Å². The van der Waals surface area contributed by atoms with Crippen LogP contribution in [0.15, 0.2) is 0 Å². The number of hydrogen-bond donors (Lipinski definition) is 1. The first-order chi connectivity index (χ1) is 7.53. The molecule has 2 unspecified atom stereocenters. The van der Waals surface area contributed by atoms with Gasteiger partial charge in [0.05, 0.1) is 13.0 Å². The Morgan fingerprint density at radius 1 is 1.31 bits per heavy atom. The van der Waals surface area contributed by atoms with E-state index < -0.39 is 0 Å². The topological polar surface area (TPSA) is 38.3 Å². The van der Waals surface area contributed by atoms with Gasteiger partial charge < -0.3 is 10.1 Å². The first kappa shape index (κ1) is 11.9. The van der Waals surface area contributed by atoms with Crippen molar-refractivity contribution in [1.82, 2.24) is 5.32 Å². The van der Waals surface area contributed by atoms with E-state index in [0.717, 1.165) is 19.5 Å². The summed E-state index contributed by atoms with van der Waals surface area (Å²) in [5, 5.41) is 3.40. The molecular formula is C13H23NO2. The van der Waals surface area contributed by atoms with Crippen LogP contribution in [0, 0.1) is 16.7 Å². The van der Waals surface area contributed by atoms with Crippen LogP contribution in [0.1, 0.15) is 39.5 Å². The monoisotopic (exact) mass is 225 g/mol. The highest BCUT2D eigenvalue weighted by Gasteiger charge is 2.56. The summed E-state index contributed by atoms with van der Waals surface area (Å²) in [6.45, 7) is 6.39. The lowest BCUT2D eigenvalue weighted by molar-refractivity contribution is -0.153.